The second-order valence-electron chi connectivity index (χ2n) is 3.99. The summed E-state index contributed by atoms with van der Waals surface area (Å²) in [6.07, 6.45) is 2.45. The zero-order valence-electron chi connectivity index (χ0n) is 10.5. The Morgan fingerprint density at radius 3 is 2.52 bits per heavy atom. The molecule has 1 heterocycles. The smallest absolute Gasteiger partial charge is 0.330 e. The van der Waals surface area contributed by atoms with Gasteiger partial charge in [-0.2, -0.15) is 0 Å². The SMILES string of the molecule is O=C(N[C@@H](C(=O)O)c1ccccc1Cl)c1cncc(Cl)n1. The molecule has 2 N–H and O–H groups in total. The van der Waals surface area contributed by atoms with Crippen LogP contribution < -0.4 is 5.32 Å². The molecule has 2 aromatic rings. The number of nitrogens with one attached hydrogen (secondary N) is 1. The lowest BCUT2D eigenvalue weighted by atomic mass is 10.1. The van der Waals surface area contributed by atoms with E-state index in [1.165, 1.54) is 24.5 Å². The van der Waals surface area contributed by atoms with Crippen LogP contribution in [0.2, 0.25) is 10.2 Å². The summed E-state index contributed by atoms with van der Waals surface area (Å²) in [6, 6.07) is 5.05. The maximum Gasteiger partial charge on any atom is 0.330 e. The van der Waals surface area contributed by atoms with Gasteiger partial charge in [0.05, 0.1) is 12.4 Å². The standard InChI is InChI=1S/C13H9Cl2N3O3/c14-8-4-2-1-3-7(8)11(13(20)21)18-12(19)9-5-16-6-10(15)17-9/h1-6,11H,(H,18,19)(H,20,21)/t11-/m1/s1. The van der Waals surface area contributed by atoms with Crippen molar-refractivity contribution < 1.29 is 14.7 Å². The molecule has 0 fully saturated rings. The third-order valence-corrected chi connectivity index (χ3v) is 3.10. The number of halogens is 2. The second-order valence-corrected chi connectivity index (χ2v) is 4.79. The summed E-state index contributed by atoms with van der Waals surface area (Å²) < 4.78 is 0. The van der Waals surface area contributed by atoms with Crippen LogP contribution in [0, 0.1) is 0 Å². The monoisotopic (exact) mass is 325 g/mol. The van der Waals surface area contributed by atoms with E-state index < -0.39 is 17.9 Å². The van der Waals surface area contributed by atoms with Crippen molar-refractivity contribution in [3.05, 3.63) is 58.1 Å². The number of carboxylic acid groups (broad SMARTS) is 1. The van der Waals surface area contributed by atoms with Crippen LogP contribution in [0.4, 0.5) is 0 Å². The number of rotatable bonds is 4. The Labute approximate surface area is 129 Å². The summed E-state index contributed by atoms with van der Waals surface area (Å²) in [5.74, 6) is -1.95. The number of hydrogen-bond acceptors (Lipinski definition) is 4. The Morgan fingerprint density at radius 2 is 1.90 bits per heavy atom. The average molecular weight is 326 g/mol. The van der Waals surface area contributed by atoms with E-state index in [1.807, 2.05) is 0 Å². The topological polar surface area (TPSA) is 92.2 Å². The number of amides is 1. The van der Waals surface area contributed by atoms with Gasteiger partial charge >= 0.3 is 5.97 Å². The van der Waals surface area contributed by atoms with E-state index in [4.69, 9.17) is 23.2 Å². The Morgan fingerprint density at radius 1 is 1.19 bits per heavy atom. The number of benzene rings is 1. The summed E-state index contributed by atoms with van der Waals surface area (Å²) in [5, 5.41) is 11.9. The van der Waals surface area contributed by atoms with Crippen LogP contribution in [0.5, 0.6) is 0 Å². The third-order valence-electron chi connectivity index (χ3n) is 2.58. The van der Waals surface area contributed by atoms with Crippen LogP contribution in [0.1, 0.15) is 22.1 Å². The molecule has 0 unspecified atom stereocenters. The minimum Gasteiger partial charge on any atom is -0.479 e. The van der Waals surface area contributed by atoms with E-state index in [-0.39, 0.29) is 21.4 Å². The van der Waals surface area contributed by atoms with Gasteiger partial charge in [0.25, 0.3) is 5.91 Å². The van der Waals surface area contributed by atoms with Crippen molar-refractivity contribution in [3.63, 3.8) is 0 Å². The molecule has 0 aliphatic carbocycles. The summed E-state index contributed by atoms with van der Waals surface area (Å²) >= 11 is 11.6. The van der Waals surface area contributed by atoms with Gasteiger partial charge in [-0.1, -0.05) is 41.4 Å². The molecule has 8 heteroatoms. The lowest BCUT2D eigenvalue weighted by molar-refractivity contribution is -0.139. The molecule has 1 atom stereocenters. The highest BCUT2D eigenvalue weighted by atomic mass is 35.5. The number of aliphatic carboxylic acids is 1. The number of aromatic nitrogens is 2. The van der Waals surface area contributed by atoms with Crippen LogP contribution in [0.15, 0.2) is 36.7 Å². The van der Waals surface area contributed by atoms with Gasteiger partial charge in [0, 0.05) is 10.6 Å². The zero-order valence-corrected chi connectivity index (χ0v) is 12.0. The van der Waals surface area contributed by atoms with E-state index in [2.05, 4.69) is 15.3 Å². The average Bonchev–Trinajstić information content (AvgIpc) is 2.45. The van der Waals surface area contributed by atoms with Gasteiger partial charge in [0.1, 0.15) is 10.8 Å². The maximum atomic E-state index is 12.0. The van der Waals surface area contributed by atoms with Crippen molar-refractivity contribution in [2.24, 2.45) is 0 Å². The fraction of sp³-hybridized carbons (Fsp3) is 0.0769. The Bertz CT molecular complexity index is 694. The Hall–Kier alpha value is -2.18. The van der Waals surface area contributed by atoms with Gasteiger partial charge in [-0.15, -0.1) is 0 Å². The van der Waals surface area contributed by atoms with Crippen LogP contribution in [-0.4, -0.2) is 27.0 Å². The molecule has 0 spiro atoms. The third kappa shape index (κ3) is 3.68. The number of carbonyl (C=O) groups is 2. The summed E-state index contributed by atoms with van der Waals surface area (Å²) in [6.45, 7) is 0. The molecule has 0 bridgehead atoms. The summed E-state index contributed by atoms with van der Waals surface area (Å²) in [4.78, 5) is 30.9. The Kier molecular flexibility index (Phi) is 4.72. The fourth-order valence-corrected chi connectivity index (χ4v) is 2.03. The molecule has 0 aliphatic heterocycles. The number of hydrogen-bond donors (Lipinski definition) is 2. The summed E-state index contributed by atoms with van der Waals surface area (Å²) in [7, 11) is 0. The zero-order chi connectivity index (χ0) is 15.4. The van der Waals surface area contributed by atoms with Crippen LogP contribution >= 0.6 is 23.2 Å². The highest BCUT2D eigenvalue weighted by Gasteiger charge is 2.25. The van der Waals surface area contributed by atoms with Gasteiger partial charge in [0.15, 0.2) is 6.04 Å². The molecular weight excluding hydrogens is 317 g/mol. The molecule has 0 saturated carbocycles. The lowest BCUT2D eigenvalue weighted by Crippen LogP contribution is -2.34. The molecule has 0 saturated heterocycles. The normalized spacial score (nSPS) is 11.7. The first-order valence-electron chi connectivity index (χ1n) is 5.74. The van der Waals surface area contributed by atoms with Gasteiger partial charge in [0.2, 0.25) is 0 Å². The quantitative estimate of drug-likeness (QED) is 0.900. The number of nitrogens with zero attached hydrogens (tertiary/aromatic N) is 2. The maximum absolute atomic E-state index is 12.0. The predicted octanol–water partition coefficient (Wildman–Crippen LogP) is 2.34. The number of carboxylic acids is 1. The van der Waals surface area contributed by atoms with E-state index in [1.54, 1.807) is 12.1 Å². The van der Waals surface area contributed by atoms with E-state index in [9.17, 15) is 14.7 Å². The first kappa shape index (κ1) is 15.2. The van der Waals surface area contributed by atoms with Crippen molar-refractivity contribution in [1.82, 2.24) is 15.3 Å². The van der Waals surface area contributed by atoms with Gasteiger partial charge in [-0.25, -0.2) is 9.78 Å². The molecule has 0 radical (unpaired) electrons. The van der Waals surface area contributed by atoms with Crippen molar-refractivity contribution in [3.8, 4) is 0 Å². The van der Waals surface area contributed by atoms with Gasteiger partial charge in [-0.3, -0.25) is 9.78 Å². The minimum atomic E-state index is -1.30. The molecule has 1 aromatic heterocycles. The van der Waals surface area contributed by atoms with E-state index in [0.717, 1.165) is 0 Å². The van der Waals surface area contributed by atoms with Crippen LogP contribution in [0.25, 0.3) is 0 Å². The molecule has 21 heavy (non-hydrogen) atoms. The highest BCUT2D eigenvalue weighted by Crippen LogP contribution is 2.23. The van der Waals surface area contributed by atoms with Crippen molar-refractivity contribution in [2.45, 2.75) is 6.04 Å². The molecule has 0 aliphatic rings. The molecule has 2 rings (SSSR count). The molecule has 6 nitrogen and oxygen atoms in total. The van der Waals surface area contributed by atoms with Gasteiger partial charge < -0.3 is 10.4 Å². The van der Waals surface area contributed by atoms with E-state index >= 15 is 0 Å². The van der Waals surface area contributed by atoms with E-state index in [0.29, 0.717) is 0 Å². The molecule has 1 aromatic carbocycles. The first-order valence-corrected chi connectivity index (χ1v) is 6.50. The predicted molar refractivity (Wildman–Crippen MR) is 76.3 cm³/mol. The molecule has 1 amide bonds. The summed E-state index contributed by atoms with van der Waals surface area (Å²) in [5.41, 5.74) is 0.191. The van der Waals surface area contributed by atoms with Crippen molar-refractivity contribution in [1.29, 1.82) is 0 Å². The number of carbonyl (C=O) groups excluding carboxylic acids is 1. The lowest BCUT2D eigenvalue weighted by Gasteiger charge is -2.15. The minimum absolute atomic E-state index is 0.0345. The first-order chi connectivity index (χ1) is 9.99. The van der Waals surface area contributed by atoms with Crippen molar-refractivity contribution >= 4 is 35.1 Å². The molecule has 108 valence electrons. The van der Waals surface area contributed by atoms with Crippen LogP contribution in [0.3, 0.4) is 0 Å². The molecular formula is C13H9Cl2N3O3. The van der Waals surface area contributed by atoms with Gasteiger partial charge in [-0.05, 0) is 6.07 Å². The largest absolute Gasteiger partial charge is 0.479 e. The van der Waals surface area contributed by atoms with Crippen molar-refractivity contribution in [2.75, 3.05) is 0 Å². The second kappa shape index (κ2) is 6.51. The van der Waals surface area contributed by atoms with Crippen LogP contribution in [-0.2, 0) is 4.79 Å². The Balaban J connectivity index is 2.27. The highest BCUT2D eigenvalue weighted by molar-refractivity contribution is 6.31. The fourth-order valence-electron chi connectivity index (χ4n) is 1.64.